The Balaban J connectivity index is 1.99. The maximum absolute atomic E-state index is 12.2. The van der Waals surface area contributed by atoms with Crippen LogP contribution < -0.4 is 4.74 Å². The van der Waals surface area contributed by atoms with Crippen LogP contribution in [0.25, 0.3) is 10.2 Å². The van der Waals surface area contributed by atoms with Crippen molar-refractivity contribution in [2.45, 2.75) is 64.9 Å². The first-order valence-corrected chi connectivity index (χ1v) is 9.50. The molecule has 1 aliphatic carbocycles. The topological polar surface area (TPSA) is 61.3 Å². The van der Waals surface area contributed by atoms with Crippen LogP contribution in [0, 0.1) is 6.92 Å². The number of carbonyl (C=O) groups is 1. The number of thiophene rings is 1. The molecule has 1 aliphatic rings. The van der Waals surface area contributed by atoms with Gasteiger partial charge < -0.3 is 9.47 Å². The third kappa shape index (κ3) is 3.38. The molecule has 5 nitrogen and oxygen atoms in total. The minimum Gasteiger partial charge on any atom is -0.474 e. The molecule has 1 unspecified atom stereocenters. The van der Waals surface area contributed by atoms with Gasteiger partial charge in [-0.15, -0.1) is 11.3 Å². The molecule has 1 fully saturated rings. The first kappa shape index (κ1) is 17.1. The van der Waals surface area contributed by atoms with Crippen LogP contribution in [0.3, 0.4) is 0 Å². The minimum absolute atomic E-state index is 0.211. The van der Waals surface area contributed by atoms with Gasteiger partial charge in [-0.1, -0.05) is 6.42 Å². The Labute approximate surface area is 146 Å². The number of rotatable bonds is 5. The van der Waals surface area contributed by atoms with Crippen molar-refractivity contribution in [3.8, 4) is 5.88 Å². The van der Waals surface area contributed by atoms with Crippen LogP contribution in [0.4, 0.5) is 0 Å². The number of aryl methyl sites for hydroxylation is 1. The molecule has 0 N–H and O–H groups in total. The van der Waals surface area contributed by atoms with Crippen LogP contribution in [0.2, 0.25) is 0 Å². The molecule has 0 bridgehead atoms. The molecule has 24 heavy (non-hydrogen) atoms. The molecule has 0 saturated heterocycles. The number of hydrogen-bond donors (Lipinski definition) is 0. The molecule has 0 radical (unpaired) electrons. The maximum atomic E-state index is 12.2. The molecule has 6 heteroatoms. The highest BCUT2D eigenvalue weighted by Gasteiger charge is 2.27. The van der Waals surface area contributed by atoms with E-state index in [4.69, 9.17) is 9.47 Å². The van der Waals surface area contributed by atoms with E-state index in [9.17, 15) is 4.79 Å². The van der Waals surface area contributed by atoms with E-state index in [1.54, 1.807) is 17.7 Å². The van der Waals surface area contributed by atoms with Crippen molar-refractivity contribution >= 4 is 27.5 Å². The first-order valence-electron chi connectivity index (χ1n) is 8.69. The number of carbonyl (C=O) groups excluding carboxylic acids is 1. The van der Waals surface area contributed by atoms with Crippen molar-refractivity contribution in [3.05, 3.63) is 16.8 Å². The quantitative estimate of drug-likeness (QED) is 0.751. The van der Waals surface area contributed by atoms with Crippen molar-refractivity contribution < 1.29 is 14.3 Å². The highest BCUT2D eigenvalue weighted by atomic mass is 32.1. The largest absolute Gasteiger partial charge is 0.474 e. The second-order valence-corrected chi connectivity index (χ2v) is 7.49. The summed E-state index contributed by atoms with van der Waals surface area (Å²) in [5.41, 5.74) is 0.944. The van der Waals surface area contributed by atoms with Gasteiger partial charge in [0.2, 0.25) is 5.88 Å². The second-order valence-electron chi connectivity index (χ2n) is 6.28. The molecule has 3 rings (SSSR count). The molecular formula is C18H24N2O3S. The molecule has 2 aromatic rings. The standard InChI is InChI=1S/C18H24N2O3S/c1-4-22-18(21)11(2)14-12(3)24-17-15(14)16(19-10-20-17)23-13-8-6-5-7-9-13/h10-11,13H,4-9H2,1-3H3. The zero-order chi connectivity index (χ0) is 17.1. The molecular weight excluding hydrogens is 324 g/mol. The Morgan fingerprint density at radius 2 is 2.08 bits per heavy atom. The Morgan fingerprint density at radius 3 is 2.79 bits per heavy atom. The van der Waals surface area contributed by atoms with Crippen molar-refractivity contribution in [2.24, 2.45) is 0 Å². The molecule has 130 valence electrons. The Morgan fingerprint density at radius 1 is 1.33 bits per heavy atom. The summed E-state index contributed by atoms with van der Waals surface area (Å²) in [7, 11) is 0. The van der Waals surface area contributed by atoms with Crippen molar-refractivity contribution in [1.29, 1.82) is 0 Å². The zero-order valence-corrected chi connectivity index (χ0v) is 15.3. The average molecular weight is 348 g/mol. The fourth-order valence-electron chi connectivity index (χ4n) is 3.37. The van der Waals surface area contributed by atoms with Crippen LogP contribution >= 0.6 is 11.3 Å². The van der Waals surface area contributed by atoms with E-state index < -0.39 is 0 Å². The lowest BCUT2D eigenvalue weighted by Crippen LogP contribution is -2.20. The molecule has 2 aromatic heterocycles. The van der Waals surface area contributed by atoms with E-state index in [2.05, 4.69) is 9.97 Å². The number of fused-ring (bicyclic) bond motifs is 1. The lowest BCUT2D eigenvalue weighted by Gasteiger charge is -2.23. The Kier molecular flexibility index (Phi) is 5.33. The molecule has 0 spiro atoms. The summed E-state index contributed by atoms with van der Waals surface area (Å²) in [6.45, 7) is 6.10. The average Bonchev–Trinajstić information content (AvgIpc) is 2.92. The SMILES string of the molecule is CCOC(=O)C(C)c1c(C)sc2ncnc(OC3CCCCC3)c12. The van der Waals surface area contributed by atoms with Gasteiger partial charge >= 0.3 is 5.97 Å². The van der Waals surface area contributed by atoms with Crippen LogP contribution in [-0.4, -0.2) is 28.6 Å². The third-order valence-electron chi connectivity index (χ3n) is 4.58. The van der Waals surface area contributed by atoms with E-state index in [1.165, 1.54) is 19.3 Å². The summed E-state index contributed by atoms with van der Waals surface area (Å²) in [6.07, 6.45) is 7.58. The number of nitrogens with zero attached hydrogens (tertiary/aromatic N) is 2. The summed E-state index contributed by atoms with van der Waals surface area (Å²) in [5.74, 6) is 0.0496. The van der Waals surface area contributed by atoms with Gasteiger partial charge in [0.05, 0.1) is 17.9 Å². The molecule has 1 atom stereocenters. The van der Waals surface area contributed by atoms with Crippen LogP contribution in [0.5, 0.6) is 5.88 Å². The summed E-state index contributed by atoms with van der Waals surface area (Å²) in [4.78, 5) is 22.9. The maximum Gasteiger partial charge on any atom is 0.313 e. The lowest BCUT2D eigenvalue weighted by molar-refractivity contribution is -0.144. The molecule has 0 amide bonds. The van der Waals surface area contributed by atoms with Gasteiger partial charge in [0.1, 0.15) is 17.3 Å². The number of hydrogen-bond acceptors (Lipinski definition) is 6. The van der Waals surface area contributed by atoms with E-state index in [-0.39, 0.29) is 18.0 Å². The number of ether oxygens (including phenoxy) is 2. The fourth-order valence-corrected chi connectivity index (χ4v) is 4.45. The fraction of sp³-hybridized carbons (Fsp3) is 0.611. The van der Waals surface area contributed by atoms with E-state index >= 15 is 0 Å². The zero-order valence-electron chi connectivity index (χ0n) is 14.5. The normalized spacial score (nSPS) is 17.0. The van der Waals surface area contributed by atoms with E-state index in [0.29, 0.717) is 12.5 Å². The van der Waals surface area contributed by atoms with Crippen molar-refractivity contribution in [2.75, 3.05) is 6.61 Å². The predicted molar refractivity (Wildman–Crippen MR) is 94.7 cm³/mol. The van der Waals surface area contributed by atoms with Crippen molar-refractivity contribution in [3.63, 3.8) is 0 Å². The monoisotopic (exact) mass is 348 g/mol. The van der Waals surface area contributed by atoms with E-state index in [1.807, 2.05) is 20.8 Å². The summed E-state index contributed by atoms with van der Waals surface area (Å²) in [6, 6.07) is 0. The summed E-state index contributed by atoms with van der Waals surface area (Å²) >= 11 is 1.58. The van der Waals surface area contributed by atoms with Crippen LogP contribution in [0.15, 0.2) is 6.33 Å². The summed E-state index contributed by atoms with van der Waals surface area (Å²) in [5, 5.41) is 0.881. The van der Waals surface area contributed by atoms with Gasteiger partial charge in [-0.3, -0.25) is 4.79 Å². The third-order valence-corrected chi connectivity index (χ3v) is 5.61. The highest BCUT2D eigenvalue weighted by Crippen LogP contribution is 2.40. The van der Waals surface area contributed by atoms with E-state index in [0.717, 1.165) is 33.5 Å². The molecule has 0 aromatic carbocycles. The summed E-state index contributed by atoms with van der Waals surface area (Å²) < 4.78 is 11.4. The van der Waals surface area contributed by atoms with Gasteiger partial charge in [0.25, 0.3) is 0 Å². The van der Waals surface area contributed by atoms with Gasteiger partial charge in [-0.05, 0) is 52.0 Å². The molecule has 2 heterocycles. The van der Waals surface area contributed by atoms with Gasteiger partial charge in [0.15, 0.2) is 0 Å². The highest BCUT2D eigenvalue weighted by molar-refractivity contribution is 7.18. The van der Waals surface area contributed by atoms with Crippen LogP contribution in [0.1, 0.15) is 62.3 Å². The van der Waals surface area contributed by atoms with Gasteiger partial charge in [-0.25, -0.2) is 9.97 Å². The Bertz CT molecular complexity index is 722. The molecule has 1 saturated carbocycles. The molecule has 0 aliphatic heterocycles. The second kappa shape index (κ2) is 7.47. The van der Waals surface area contributed by atoms with Crippen LogP contribution in [-0.2, 0) is 9.53 Å². The smallest absolute Gasteiger partial charge is 0.313 e. The lowest BCUT2D eigenvalue weighted by atomic mass is 9.97. The number of esters is 1. The number of aromatic nitrogens is 2. The minimum atomic E-state index is -0.349. The van der Waals surface area contributed by atoms with Gasteiger partial charge in [-0.2, -0.15) is 0 Å². The Hall–Kier alpha value is -1.69. The van der Waals surface area contributed by atoms with Crippen molar-refractivity contribution in [1.82, 2.24) is 9.97 Å². The first-order chi connectivity index (χ1) is 11.6. The van der Waals surface area contributed by atoms with Gasteiger partial charge in [0, 0.05) is 4.88 Å². The predicted octanol–water partition coefficient (Wildman–Crippen LogP) is 4.38.